The van der Waals surface area contributed by atoms with E-state index in [9.17, 15) is 9.59 Å². The summed E-state index contributed by atoms with van der Waals surface area (Å²) in [5, 5.41) is 2.58. The summed E-state index contributed by atoms with van der Waals surface area (Å²) in [6.45, 7) is 0.602. The fraction of sp³-hybridized carbons (Fsp3) is 0.107. The number of carbonyl (C=O) groups excluding carboxylic acids is 2. The summed E-state index contributed by atoms with van der Waals surface area (Å²) < 4.78 is 6.92. The zero-order chi connectivity index (χ0) is 26.1. The molecule has 0 saturated carbocycles. The molecule has 6 nitrogen and oxygen atoms in total. The Morgan fingerprint density at radius 3 is 2.65 bits per heavy atom. The van der Waals surface area contributed by atoms with E-state index in [1.165, 1.54) is 23.8 Å². The summed E-state index contributed by atoms with van der Waals surface area (Å²) in [6, 6.07) is 20.4. The Morgan fingerprint density at radius 2 is 1.86 bits per heavy atom. The third-order valence-corrected chi connectivity index (χ3v) is 7.74. The van der Waals surface area contributed by atoms with E-state index in [0.717, 1.165) is 22.0 Å². The first kappa shape index (κ1) is 25.1. The molecule has 1 aromatic heterocycles. The predicted molar refractivity (Wildman–Crippen MR) is 151 cm³/mol. The molecular formula is C28H21Cl2N3O3S. The van der Waals surface area contributed by atoms with Crippen molar-refractivity contribution in [3.63, 3.8) is 0 Å². The Morgan fingerprint density at radius 1 is 1.05 bits per heavy atom. The van der Waals surface area contributed by atoms with E-state index < -0.39 is 5.97 Å². The molecule has 0 radical (unpaired) electrons. The van der Waals surface area contributed by atoms with Crippen molar-refractivity contribution in [1.82, 2.24) is 9.47 Å². The number of ether oxygens (including phenoxy) is 1. The van der Waals surface area contributed by atoms with Crippen molar-refractivity contribution in [2.75, 3.05) is 14.2 Å². The number of amides is 1. The third kappa shape index (κ3) is 5.16. The van der Waals surface area contributed by atoms with Crippen molar-refractivity contribution < 1.29 is 14.3 Å². The van der Waals surface area contributed by atoms with Crippen LogP contribution in [0.4, 0.5) is 5.69 Å². The molecule has 0 N–H and O–H groups in total. The lowest BCUT2D eigenvalue weighted by molar-refractivity contribution is -0.121. The van der Waals surface area contributed by atoms with Crippen LogP contribution in [-0.2, 0) is 16.1 Å². The monoisotopic (exact) mass is 549 g/mol. The van der Waals surface area contributed by atoms with Gasteiger partial charge in [-0.05, 0) is 59.8 Å². The Hall–Kier alpha value is -3.52. The van der Waals surface area contributed by atoms with Crippen molar-refractivity contribution >= 4 is 74.7 Å². The number of para-hydroxylation sites is 1. The molecule has 0 aliphatic carbocycles. The topological polar surface area (TPSA) is 63.9 Å². The van der Waals surface area contributed by atoms with Crippen LogP contribution in [-0.4, -0.2) is 40.7 Å². The number of thioether (sulfide) groups is 1. The molecule has 1 aliphatic rings. The summed E-state index contributed by atoms with van der Waals surface area (Å²) in [6.07, 6.45) is 3.92. The van der Waals surface area contributed by atoms with Crippen molar-refractivity contribution in [1.29, 1.82) is 0 Å². The van der Waals surface area contributed by atoms with Crippen LogP contribution >= 0.6 is 35.0 Å². The highest BCUT2D eigenvalue weighted by Gasteiger charge is 2.30. The lowest BCUT2D eigenvalue weighted by Gasteiger charge is -2.07. The van der Waals surface area contributed by atoms with E-state index >= 15 is 0 Å². The Balaban J connectivity index is 1.47. The summed E-state index contributed by atoms with van der Waals surface area (Å²) in [5.74, 6) is -0.586. The van der Waals surface area contributed by atoms with Crippen molar-refractivity contribution in [3.05, 3.63) is 105 Å². The fourth-order valence-corrected chi connectivity index (χ4v) is 5.38. The summed E-state index contributed by atoms with van der Waals surface area (Å²) >= 11 is 13.6. The highest BCUT2D eigenvalue weighted by atomic mass is 35.5. The van der Waals surface area contributed by atoms with Gasteiger partial charge in [-0.3, -0.25) is 9.69 Å². The normalized spacial score (nSPS) is 15.8. The minimum atomic E-state index is -0.441. The van der Waals surface area contributed by atoms with E-state index in [0.29, 0.717) is 37.9 Å². The van der Waals surface area contributed by atoms with Crippen LogP contribution in [0.25, 0.3) is 17.0 Å². The maximum atomic E-state index is 13.1. The van der Waals surface area contributed by atoms with Crippen LogP contribution in [0, 0.1) is 0 Å². The molecule has 0 bridgehead atoms. The van der Waals surface area contributed by atoms with Crippen molar-refractivity contribution in [2.45, 2.75) is 6.54 Å². The highest BCUT2D eigenvalue weighted by Crippen LogP contribution is 2.35. The standard InChI is InChI=1S/C28H21Cl2N3O3S/c1-32-26(34)25(37-28(32)31-20-7-5-6-18(13-20)27(35)36-2)14-19-16-33(24-9-4-3-8-21(19)24)15-17-10-11-22(29)23(30)12-17/h3-14,16H,15H2,1-2H3. The number of aromatic nitrogens is 1. The molecule has 4 aromatic rings. The van der Waals surface area contributed by atoms with Gasteiger partial charge >= 0.3 is 5.97 Å². The minimum absolute atomic E-state index is 0.144. The first-order chi connectivity index (χ1) is 17.8. The number of nitrogens with zero attached hydrogens (tertiary/aromatic N) is 3. The van der Waals surface area contributed by atoms with Crippen LogP contribution in [0.2, 0.25) is 10.0 Å². The molecule has 37 heavy (non-hydrogen) atoms. The largest absolute Gasteiger partial charge is 0.465 e. The maximum Gasteiger partial charge on any atom is 0.337 e. The van der Waals surface area contributed by atoms with Gasteiger partial charge < -0.3 is 9.30 Å². The van der Waals surface area contributed by atoms with E-state index in [1.807, 2.05) is 48.7 Å². The van der Waals surface area contributed by atoms with Gasteiger partial charge in [-0.1, -0.05) is 53.5 Å². The zero-order valence-corrected chi connectivity index (χ0v) is 22.3. The van der Waals surface area contributed by atoms with E-state index in [1.54, 1.807) is 37.4 Å². The molecule has 0 atom stereocenters. The SMILES string of the molecule is COC(=O)c1cccc(N=C2SC(=Cc3cn(Cc4ccc(Cl)c(Cl)c4)c4ccccc34)C(=O)N2C)c1. The van der Waals surface area contributed by atoms with Crippen molar-refractivity contribution in [2.24, 2.45) is 4.99 Å². The number of benzene rings is 3. The smallest absolute Gasteiger partial charge is 0.337 e. The first-order valence-corrected chi connectivity index (χ1v) is 12.9. The van der Waals surface area contributed by atoms with Gasteiger partial charge in [0.05, 0.1) is 33.3 Å². The number of hydrogen-bond donors (Lipinski definition) is 0. The van der Waals surface area contributed by atoms with Gasteiger partial charge in [0.15, 0.2) is 5.17 Å². The number of amidine groups is 1. The van der Waals surface area contributed by atoms with E-state index in [2.05, 4.69) is 9.56 Å². The molecule has 0 unspecified atom stereocenters. The van der Waals surface area contributed by atoms with Crippen LogP contribution in [0.5, 0.6) is 0 Å². The molecule has 1 aliphatic heterocycles. The fourth-order valence-electron chi connectivity index (χ4n) is 4.08. The molecule has 1 fully saturated rings. The predicted octanol–water partition coefficient (Wildman–Crippen LogP) is 7.02. The molecule has 9 heteroatoms. The van der Waals surface area contributed by atoms with Gasteiger partial charge in [0.2, 0.25) is 0 Å². The molecule has 2 heterocycles. The van der Waals surface area contributed by atoms with Crippen LogP contribution in [0.15, 0.2) is 82.8 Å². The highest BCUT2D eigenvalue weighted by molar-refractivity contribution is 8.18. The summed E-state index contributed by atoms with van der Waals surface area (Å²) in [7, 11) is 3.02. The zero-order valence-electron chi connectivity index (χ0n) is 19.9. The first-order valence-electron chi connectivity index (χ1n) is 11.3. The number of hydrogen-bond acceptors (Lipinski definition) is 5. The second-order valence-corrected chi connectivity index (χ2v) is 10.2. The number of methoxy groups -OCH3 is 1. The van der Waals surface area contributed by atoms with Gasteiger partial charge in [0, 0.05) is 36.3 Å². The van der Waals surface area contributed by atoms with Crippen LogP contribution in [0.3, 0.4) is 0 Å². The number of carbonyl (C=O) groups is 2. The second kappa shape index (κ2) is 10.5. The van der Waals surface area contributed by atoms with Gasteiger partial charge in [-0.15, -0.1) is 0 Å². The second-order valence-electron chi connectivity index (χ2n) is 8.39. The van der Waals surface area contributed by atoms with Gasteiger partial charge in [-0.2, -0.15) is 0 Å². The van der Waals surface area contributed by atoms with E-state index in [-0.39, 0.29) is 5.91 Å². The van der Waals surface area contributed by atoms with Gasteiger partial charge in [0.1, 0.15) is 0 Å². The average molecular weight is 550 g/mol. The molecule has 5 rings (SSSR count). The summed E-state index contributed by atoms with van der Waals surface area (Å²) in [4.78, 5) is 31.6. The molecule has 1 amide bonds. The Labute approximate surface area is 228 Å². The number of esters is 1. The third-order valence-electron chi connectivity index (χ3n) is 5.94. The lowest BCUT2D eigenvalue weighted by atomic mass is 10.1. The van der Waals surface area contributed by atoms with Crippen LogP contribution < -0.4 is 0 Å². The number of halogens is 2. The van der Waals surface area contributed by atoms with Crippen molar-refractivity contribution in [3.8, 4) is 0 Å². The summed E-state index contributed by atoms with van der Waals surface area (Å²) in [5.41, 5.74) is 3.94. The minimum Gasteiger partial charge on any atom is -0.465 e. The van der Waals surface area contributed by atoms with E-state index in [4.69, 9.17) is 27.9 Å². The Kier molecular flexibility index (Phi) is 7.11. The maximum absolute atomic E-state index is 13.1. The van der Waals surface area contributed by atoms with Gasteiger partial charge in [-0.25, -0.2) is 9.79 Å². The lowest BCUT2D eigenvalue weighted by Crippen LogP contribution is -2.23. The quantitative estimate of drug-likeness (QED) is 0.198. The number of rotatable bonds is 5. The Bertz CT molecular complexity index is 1610. The number of aliphatic imine (C=N–C) groups is 1. The molecule has 186 valence electrons. The van der Waals surface area contributed by atoms with Gasteiger partial charge in [0.25, 0.3) is 5.91 Å². The molecule has 0 spiro atoms. The number of likely N-dealkylation sites (N-methyl/N-ethyl adjacent to an activating group) is 1. The number of fused-ring (bicyclic) bond motifs is 1. The van der Waals surface area contributed by atoms with Crippen LogP contribution in [0.1, 0.15) is 21.5 Å². The average Bonchev–Trinajstić information content (AvgIpc) is 3.38. The molecule has 3 aromatic carbocycles. The molecule has 1 saturated heterocycles. The molecular weight excluding hydrogens is 529 g/mol.